The van der Waals surface area contributed by atoms with Crippen LogP contribution in [0.5, 0.6) is 0 Å². The summed E-state index contributed by atoms with van der Waals surface area (Å²) < 4.78 is 5.99. The Hall–Kier alpha value is -1.39. The minimum absolute atomic E-state index is 0.102. The number of morpholine rings is 1. The second-order valence-electron chi connectivity index (χ2n) is 6.61. The normalized spacial score (nSPS) is 25.6. The Morgan fingerprint density at radius 1 is 1.23 bits per heavy atom. The maximum absolute atomic E-state index is 11.7. The third kappa shape index (κ3) is 3.03. The molecule has 0 aliphatic carbocycles. The van der Waals surface area contributed by atoms with Crippen LogP contribution in [0.4, 0.5) is 0 Å². The lowest BCUT2D eigenvalue weighted by Crippen LogP contribution is -2.62. The van der Waals surface area contributed by atoms with E-state index in [-0.39, 0.29) is 24.2 Å². The van der Waals surface area contributed by atoms with Crippen molar-refractivity contribution in [2.24, 2.45) is 0 Å². The fourth-order valence-electron chi connectivity index (χ4n) is 3.65. The number of carbonyl (C=O) groups excluding carboxylic acids is 1. The summed E-state index contributed by atoms with van der Waals surface area (Å²) in [5.74, 6) is 0.102. The number of carbonyl (C=O) groups is 1. The first-order valence-electron chi connectivity index (χ1n) is 8.27. The number of hydrogen-bond acceptors (Lipinski definition) is 3. The fourth-order valence-corrected chi connectivity index (χ4v) is 3.65. The van der Waals surface area contributed by atoms with Gasteiger partial charge in [0.15, 0.2) is 0 Å². The van der Waals surface area contributed by atoms with Gasteiger partial charge in [-0.2, -0.15) is 0 Å². The van der Waals surface area contributed by atoms with Crippen LogP contribution >= 0.6 is 0 Å². The van der Waals surface area contributed by atoms with Crippen LogP contribution in [-0.4, -0.2) is 60.6 Å². The van der Waals surface area contributed by atoms with Gasteiger partial charge in [-0.15, -0.1) is 0 Å². The van der Waals surface area contributed by atoms with E-state index in [1.165, 1.54) is 5.56 Å². The van der Waals surface area contributed by atoms with Crippen molar-refractivity contribution >= 4 is 5.91 Å². The highest BCUT2D eigenvalue weighted by molar-refractivity contribution is 5.78. The number of hydrogen-bond donors (Lipinski definition) is 0. The van der Waals surface area contributed by atoms with Crippen LogP contribution < -0.4 is 0 Å². The zero-order valence-corrected chi connectivity index (χ0v) is 13.6. The predicted octanol–water partition coefficient (Wildman–Crippen LogP) is 1.94. The topological polar surface area (TPSA) is 32.8 Å². The standard InChI is InChI=1S/C18H26N2O2/c1-15-18(22-14-17(21)19(15)2)9-12-20(13-10-18)11-8-16-6-4-3-5-7-16/h3-7,15H,8-14H2,1-2H3. The van der Waals surface area contributed by atoms with Gasteiger partial charge in [-0.1, -0.05) is 30.3 Å². The lowest BCUT2D eigenvalue weighted by atomic mass is 9.83. The maximum atomic E-state index is 11.7. The molecule has 1 aromatic rings. The van der Waals surface area contributed by atoms with Gasteiger partial charge in [0.05, 0.1) is 11.6 Å². The van der Waals surface area contributed by atoms with E-state index in [1.54, 1.807) is 0 Å². The summed E-state index contributed by atoms with van der Waals surface area (Å²) in [4.78, 5) is 16.1. The van der Waals surface area contributed by atoms with Gasteiger partial charge in [-0.3, -0.25) is 4.79 Å². The molecule has 0 aromatic heterocycles. The molecule has 120 valence electrons. The third-order valence-corrected chi connectivity index (χ3v) is 5.48. The summed E-state index contributed by atoms with van der Waals surface area (Å²) in [5, 5.41) is 0. The lowest BCUT2D eigenvalue weighted by Gasteiger charge is -2.50. The summed E-state index contributed by atoms with van der Waals surface area (Å²) in [6, 6.07) is 10.8. The first kappa shape index (κ1) is 15.5. The third-order valence-electron chi connectivity index (χ3n) is 5.48. The molecule has 0 N–H and O–H groups in total. The second kappa shape index (κ2) is 6.39. The molecule has 22 heavy (non-hydrogen) atoms. The predicted molar refractivity (Wildman–Crippen MR) is 86.7 cm³/mol. The second-order valence-corrected chi connectivity index (χ2v) is 6.61. The molecule has 2 aliphatic rings. The molecule has 2 fully saturated rings. The van der Waals surface area contributed by atoms with Gasteiger partial charge in [0.1, 0.15) is 6.61 Å². The minimum atomic E-state index is -0.133. The Kier molecular flexibility index (Phi) is 4.50. The van der Waals surface area contributed by atoms with Crippen molar-refractivity contribution in [1.82, 2.24) is 9.80 Å². The molecular formula is C18H26N2O2. The molecule has 1 amide bonds. The van der Waals surface area contributed by atoms with Gasteiger partial charge in [0.2, 0.25) is 5.91 Å². The van der Waals surface area contributed by atoms with Crippen molar-refractivity contribution in [2.75, 3.05) is 33.3 Å². The van der Waals surface area contributed by atoms with Crippen LogP contribution in [0.1, 0.15) is 25.3 Å². The van der Waals surface area contributed by atoms with Gasteiger partial charge in [-0.05, 0) is 31.7 Å². The zero-order chi connectivity index (χ0) is 15.6. The Morgan fingerprint density at radius 3 is 2.59 bits per heavy atom. The molecule has 3 rings (SSSR count). The largest absolute Gasteiger partial charge is 0.363 e. The van der Waals surface area contributed by atoms with Gasteiger partial charge in [0.25, 0.3) is 0 Å². The molecule has 2 heterocycles. The zero-order valence-electron chi connectivity index (χ0n) is 13.6. The van der Waals surface area contributed by atoms with Gasteiger partial charge in [0, 0.05) is 26.7 Å². The Labute approximate surface area is 133 Å². The number of piperidine rings is 1. The molecule has 1 spiro atoms. The number of ether oxygens (including phenoxy) is 1. The molecular weight excluding hydrogens is 276 g/mol. The Bertz CT molecular complexity index is 509. The molecule has 2 aliphatic heterocycles. The maximum Gasteiger partial charge on any atom is 0.248 e. The smallest absolute Gasteiger partial charge is 0.248 e. The minimum Gasteiger partial charge on any atom is -0.363 e. The summed E-state index contributed by atoms with van der Waals surface area (Å²) in [6.07, 6.45) is 3.13. The van der Waals surface area contributed by atoms with Crippen LogP contribution in [0, 0.1) is 0 Å². The van der Waals surface area contributed by atoms with Gasteiger partial charge in [-0.25, -0.2) is 0 Å². The van der Waals surface area contributed by atoms with Crippen molar-refractivity contribution < 1.29 is 9.53 Å². The first-order chi connectivity index (χ1) is 10.6. The Balaban J connectivity index is 1.53. The average Bonchev–Trinajstić information content (AvgIpc) is 2.57. The quantitative estimate of drug-likeness (QED) is 0.855. The number of likely N-dealkylation sites (N-methyl/N-ethyl adjacent to an activating group) is 1. The van der Waals surface area contributed by atoms with Gasteiger partial charge >= 0.3 is 0 Å². The molecule has 0 saturated carbocycles. The van der Waals surface area contributed by atoms with Crippen LogP contribution in [-0.2, 0) is 16.0 Å². The van der Waals surface area contributed by atoms with Crippen LogP contribution in [0.2, 0.25) is 0 Å². The SMILES string of the molecule is CC1N(C)C(=O)COC12CCN(CCc1ccccc1)CC2. The van der Waals surface area contributed by atoms with E-state index in [0.29, 0.717) is 0 Å². The monoisotopic (exact) mass is 302 g/mol. The highest BCUT2D eigenvalue weighted by Crippen LogP contribution is 2.34. The molecule has 4 heteroatoms. The molecule has 2 saturated heterocycles. The molecule has 0 radical (unpaired) electrons. The lowest BCUT2D eigenvalue weighted by molar-refractivity contribution is -0.183. The van der Waals surface area contributed by atoms with Crippen molar-refractivity contribution in [3.05, 3.63) is 35.9 Å². The summed E-state index contributed by atoms with van der Waals surface area (Å²) >= 11 is 0. The first-order valence-corrected chi connectivity index (χ1v) is 8.27. The highest BCUT2D eigenvalue weighted by Gasteiger charge is 2.46. The van der Waals surface area contributed by atoms with E-state index in [1.807, 2.05) is 11.9 Å². The molecule has 1 atom stereocenters. The van der Waals surface area contributed by atoms with Crippen molar-refractivity contribution in [2.45, 2.75) is 37.8 Å². The van der Waals surface area contributed by atoms with Crippen molar-refractivity contribution in [1.29, 1.82) is 0 Å². The number of likely N-dealkylation sites (tertiary alicyclic amines) is 1. The average molecular weight is 302 g/mol. The number of amides is 1. The molecule has 1 unspecified atom stereocenters. The van der Waals surface area contributed by atoms with E-state index >= 15 is 0 Å². The molecule has 0 bridgehead atoms. The number of nitrogens with zero attached hydrogens (tertiary/aromatic N) is 2. The van der Waals surface area contributed by atoms with E-state index in [2.05, 4.69) is 42.2 Å². The fraction of sp³-hybridized carbons (Fsp3) is 0.611. The van der Waals surface area contributed by atoms with E-state index in [4.69, 9.17) is 4.74 Å². The van der Waals surface area contributed by atoms with E-state index in [0.717, 1.165) is 38.9 Å². The summed E-state index contributed by atoms with van der Waals surface area (Å²) in [7, 11) is 1.90. The van der Waals surface area contributed by atoms with Crippen molar-refractivity contribution in [3.8, 4) is 0 Å². The van der Waals surface area contributed by atoms with Gasteiger partial charge < -0.3 is 14.5 Å². The molecule has 4 nitrogen and oxygen atoms in total. The van der Waals surface area contributed by atoms with Crippen LogP contribution in [0.25, 0.3) is 0 Å². The molecule has 1 aromatic carbocycles. The number of benzene rings is 1. The van der Waals surface area contributed by atoms with Crippen LogP contribution in [0.15, 0.2) is 30.3 Å². The Morgan fingerprint density at radius 2 is 1.91 bits per heavy atom. The highest BCUT2D eigenvalue weighted by atomic mass is 16.5. The van der Waals surface area contributed by atoms with Crippen molar-refractivity contribution in [3.63, 3.8) is 0 Å². The van der Waals surface area contributed by atoms with E-state index < -0.39 is 0 Å². The summed E-state index contributed by atoms with van der Waals surface area (Å²) in [5.41, 5.74) is 1.27. The summed E-state index contributed by atoms with van der Waals surface area (Å²) in [6.45, 7) is 5.57. The van der Waals surface area contributed by atoms with E-state index in [9.17, 15) is 4.79 Å². The number of rotatable bonds is 3. The van der Waals surface area contributed by atoms with Crippen LogP contribution in [0.3, 0.4) is 0 Å².